The number of sulfonamides is 1. The Kier molecular flexibility index (Phi) is 4.65. The lowest BCUT2D eigenvalue weighted by molar-refractivity contribution is 0.231. The molecule has 0 unspecified atom stereocenters. The summed E-state index contributed by atoms with van der Waals surface area (Å²) in [5.74, 6) is -1.56. The van der Waals surface area contributed by atoms with E-state index in [-0.39, 0.29) is 22.4 Å². The van der Waals surface area contributed by atoms with E-state index in [1.807, 2.05) is 0 Å². The van der Waals surface area contributed by atoms with Crippen molar-refractivity contribution >= 4 is 15.7 Å². The van der Waals surface area contributed by atoms with Gasteiger partial charge in [-0.1, -0.05) is 12.1 Å². The van der Waals surface area contributed by atoms with E-state index in [0.29, 0.717) is 0 Å². The van der Waals surface area contributed by atoms with Crippen molar-refractivity contribution in [3.8, 4) is 5.75 Å². The van der Waals surface area contributed by atoms with Gasteiger partial charge in [0.25, 0.3) is 10.0 Å². The van der Waals surface area contributed by atoms with Crippen molar-refractivity contribution in [1.82, 2.24) is 0 Å². The summed E-state index contributed by atoms with van der Waals surface area (Å²) in [6, 6.07) is 8.58. The molecule has 0 fully saturated rings. The van der Waals surface area contributed by atoms with Crippen LogP contribution < -0.4 is 9.46 Å². The molecule has 0 amide bonds. The summed E-state index contributed by atoms with van der Waals surface area (Å²) in [5, 5.41) is 0. The topological polar surface area (TPSA) is 55.4 Å². The standard InChI is InChI=1S/C15H15F2NO3S/c1-10(2)21-15-8-7-11(9-13(15)17)22(19,20)18-14-6-4-3-5-12(14)16/h3-10,18H,1-2H3. The number of benzene rings is 2. The van der Waals surface area contributed by atoms with Gasteiger partial charge in [0.2, 0.25) is 0 Å². The van der Waals surface area contributed by atoms with Crippen LogP contribution in [0.5, 0.6) is 5.75 Å². The van der Waals surface area contributed by atoms with Gasteiger partial charge in [-0.05, 0) is 44.2 Å². The first-order chi connectivity index (χ1) is 10.3. The summed E-state index contributed by atoms with van der Waals surface area (Å²) in [4.78, 5) is -0.315. The number of anilines is 1. The summed E-state index contributed by atoms with van der Waals surface area (Å²) in [5.41, 5.74) is -0.203. The highest BCUT2D eigenvalue weighted by atomic mass is 32.2. The largest absolute Gasteiger partial charge is 0.488 e. The van der Waals surface area contributed by atoms with Crippen molar-refractivity contribution in [2.75, 3.05) is 4.72 Å². The summed E-state index contributed by atoms with van der Waals surface area (Å²) in [6.45, 7) is 3.45. The van der Waals surface area contributed by atoms with Crippen LogP contribution in [0, 0.1) is 11.6 Å². The van der Waals surface area contributed by atoms with Gasteiger partial charge in [-0.25, -0.2) is 17.2 Å². The number of halogens is 2. The first-order valence-corrected chi connectivity index (χ1v) is 8.01. The molecule has 118 valence electrons. The number of ether oxygens (including phenoxy) is 1. The van der Waals surface area contributed by atoms with E-state index in [0.717, 1.165) is 12.1 Å². The molecule has 0 aliphatic carbocycles. The molecule has 7 heteroatoms. The summed E-state index contributed by atoms with van der Waals surface area (Å²) in [7, 11) is -4.09. The summed E-state index contributed by atoms with van der Waals surface area (Å²) in [6.07, 6.45) is -0.242. The van der Waals surface area contributed by atoms with Gasteiger partial charge in [-0.3, -0.25) is 4.72 Å². The Morgan fingerprint density at radius 1 is 1.05 bits per heavy atom. The number of hydrogen-bond acceptors (Lipinski definition) is 3. The first-order valence-electron chi connectivity index (χ1n) is 6.53. The molecule has 2 aromatic carbocycles. The minimum Gasteiger partial charge on any atom is -0.488 e. The Bertz CT molecular complexity index is 776. The van der Waals surface area contributed by atoms with Gasteiger partial charge in [0, 0.05) is 0 Å². The lowest BCUT2D eigenvalue weighted by Gasteiger charge is -2.12. The number of para-hydroxylation sites is 1. The molecule has 4 nitrogen and oxygen atoms in total. The van der Waals surface area contributed by atoms with E-state index in [1.54, 1.807) is 13.8 Å². The van der Waals surface area contributed by atoms with Crippen LogP contribution in [-0.2, 0) is 10.0 Å². The van der Waals surface area contributed by atoms with Crippen LogP contribution in [0.1, 0.15) is 13.8 Å². The Labute approximate surface area is 127 Å². The number of nitrogens with one attached hydrogen (secondary N) is 1. The molecule has 0 saturated heterocycles. The molecule has 1 N–H and O–H groups in total. The lowest BCUT2D eigenvalue weighted by Crippen LogP contribution is -2.14. The van der Waals surface area contributed by atoms with Crippen molar-refractivity contribution in [1.29, 1.82) is 0 Å². The average molecular weight is 327 g/mol. The molecule has 22 heavy (non-hydrogen) atoms. The summed E-state index contributed by atoms with van der Waals surface area (Å²) < 4.78 is 59.0. The second-order valence-corrected chi connectivity index (χ2v) is 6.53. The quantitative estimate of drug-likeness (QED) is 0.913. The maximum absolute atomic E-state index is 13.9. The molecular weight excluding hydrogens is 312 g/mol. The van der Waals surface area contributed by atoms with Crippen molar-refractivity contribution in [2.24, 2.45) is 0 Å². The Morgan fingerprint density at radius 3 is 2.32 bits per heavy atom. The zero-order valence-corrected chi connectivity index (χ0v) is 12.8. The second kappa shape index (κ2) is 6.31. The van der Waals surface area contributed by atoms with Gasteiger partial charge in [0.1, 0.15) is 5.82 Å². The minimum atomic E-state index is -4.09. The fraction of sp³-hybridized carbons (Fsp3) is 0.200. The molecule has 0 aliphatic heterocycles. The zero-order valence-electron chi connectivity index (χ0n) is 12.0. The molecular formula is C15H15F2NO3S. The smallest absolute Gasteiger partial charge is 0.262 e. The van der Waals surface area contributed by atoms with E-state index in [9.17, 15) is 17.2 Å². The van der Waals surface area contributed by atoms with Gasteiger partial charge >= 0.3 is 0 Å². The predicted octanol–water partition coefficient (Wildman–Crippen LogP) is 3.55. The Balaban J connectivity index is 2.30. The minimum absolute atomic E-state index is 0.0418. The molecule has 0 bridgehead atoms. The van der Waals surface area contributed by atoms with Crippen molar-refractivity contribution in [2.45, 2.75) is 24.8 Å². The van der Waals surface area contributed by atoms with Gasteiger partial charge in [-0.2, -0.15) is 0 Å². The molecule has 0 saturated carbocycles. The lowest BCUT2D eigenvalue weighted by atomic mass is 10.3. The third-order valence-electron chi connectivity index (χ3n) is 2.69. The van der Waals surface area contributed by atoms with Crippen LogP contribution in [0.2, 0.25) is 0 Å². The van der Waals surface area contributed by atoms with Crippen molar-refractivity contribution < 1.29 is 21.9 Å². The molecule has 0 radical (unpaired) electrons. The predicted molar refractivity (Wildman–Crippen MR) is 79.4 cm³/mol. The van der Waals surface area contributed by atoms with E-state index in [4.69, 9.17) is 4.74 Å². The van der Waals surface area contributed by atoms with Gasteiger partial charge in [-0.15, -0.1) is 0 Å². The van der Waals surface area contributed by atoms with Crippen LogP contribution in [0.15, 0.2) is 47.4 Å². The average Bonchev–Trinajstić information content (AvgIpc) is 2.43. The molecule has 2 aromatic rings. The van der Waals surface area contributed by atoms with E-state index >= 15 is 0 Å². The molecule has 0 aromatic heterocycles. The van der Waals surface area contributed by atoms with E-state index in [2.05, 4.69) is 4.72 Å². The SMILES string of the molecule is CC(C)Oc1ccc(S(=O)(=O)Nc2ccccc2F)cc1F. The first kappa shape index (κ1) is 16.2. The fourth-order valence-electron chi connectivity index (χ4n) is 1.75. The maximum atomic E-state index is 13.9. The highest BCUT2D eigenvalue weighted by Crippen LogP contribution is 2.24. The van der Waals surface area contributed by atoms with Gasteiger partial charge in [0.05, 0.1) is 16.7 Å². The van der Waals surface area contributed by atoms with Crippen LogP contribution >= 0.6 is 0 Å². The molecule has 0 heterocycles. The monoisotopic (exact) mass is 327 g/mol. The van der Waals surface area contributed by atoms with Gasteiger partial charge in [0.15, 0.2) is 11.6 Å². The number of rotatable bonds is 5. The maximum Gasteiger partial charge on any atom is 0.262 e. The highest BCUT2D eigenvalue weighted by molar-refractivity contribution is 7.92. The fourth-order valence-corrected chi connectivity index (χ4v) is 2.82. The summed E-state index contributed by atoms with van der Waals surface area (Å²) >= 11 is 0. The number of hydrogen-bond donors (Lipinski definition) is 1. The molecule has 2 rings (SSSR count). The van der Waals surface area contributed by atoms with E-state index < -0.39 is 21.7 Å². The van der Waals surface area contributed by atoms with E-state index in [1.165, 1.54) is 30.3 Å². The second-order valence-electron chi connectivity index (χ2n) is 4.84. The van der Waals surface area contributed by atoms with Gasteiger partial charge < -0.3 is 4.74 Å². The molecule has 0 atom stereocenters. The third kappa shape index (κ3) is 3.73. The van der Waals surface area contributed by atoms with Crippen LogP contribution in [-0.4, -0.2) is 14.5 Å². The van der Waals surface area contributed by atoms with Crippen LogP contribution in [0.25, 0.3) is 0 Å². The normalized spacial score (nSPS) is 11.5. The Morgan fingerprint density at radius 2 is 1.73 bits per heavy atom. The van der Waals surface area contributed by atoms with Crippen LogP contribution in [0.3, 0.4) is 0 Å². The highest BCUT2D eigenvalue weighted by Gasteiger charge is 2.18. The molecule has 0 spiro atoms. The van der Waals surface area contributed by atoms with Crippen LogP contribution in [0.4, 0.5) is 14.5 Å². The molecule has 0 aliphatic rings. The third-order valence-corrected chi connectivity index (χ3v) is 4.06. The Hall–Kier alpha value is -2.15. The zero-order chi connectivity index (χ0) is 16.3. The van der Waals surface area contributed by atoms with Crippen molar-refractivity contribution in [3.05, 3.63) is 54.1 Å². The van der Waals surface area contributed by atoms with Crippen molar-refractivity contribution in [3.63, 3.8) is 0 Å².